The average Bonchev–Trinajstić information content (AvgIpc) is 3.17. The molecular formula is C21H28ClN3O. The summed E-state index contributed by atoms with van der Waals surface area (Å²) < 4.78 is 0. The molecule has 4 rings (SSSR count). The van der Waals surface area contributed by atoms with Crippen LogP contribution in [0, 0.1) is 5.92 Å². The van der Waals surface area contributed by atoms with Gasteiger partial charge in [0.05, 0.1) is 0 Å². The molecule has 4 nitrogen and oxygen atoms in total. The topological polar surface area (TPSA) is 39.3 Å². The third kappa shape index (κ3) is 3.83. The molecule has 1 atom stereocenters. The van der Waals surface area contributed by atoms with Gasteiger partial charge in [-0.2, -0.15) is 0 Å². The van der Waals surface area contributed by atoms with E-state index in [-0.39, 0.29) is 5.56 Å². The zero-order chi connectivity index (χ0) is 18.1. The van der Waals surface area contributed by atoms with Gasteiger partial charge in [-0.25, -0.2) is 0 Å². The van der Waals surface area contributed by atoms with Crippen molar-refractivity contribution in [2.24, 2.45) is 5.92 Å². The van der Waals surface area contributed by atoms with E-state index >= 15 is 0 Å². The standard InChI is InChI=1S/C21H28ClN3O/c1-15(25-8-2-3-9-25)16-6-10-24(11-7-16)14-18-12-17-4-5-19(22)13-20(17)23-21(18)26/h4-5,12-13,15-16H,2-3,6-11,14H2,1H3,(H,23,26). The molecule has 2 fully saturated rings. The van der Waals surface area contributed by atoms with Crippen molar-refractivity contribution in [3.05, 3.63) is 45.2 Å². The minimum absolute atomic E-state index is 0.00678. The van der Waals surface area contributed by atoms with Gasteiger partial charge in [0.25, 0.3) is 5.56 Å². The highest BCUT2D eigenvalue weighted by Gasteiger charge is 2.29. The van der Waals surface area contributed by atoms with E-state index in [1.807, 2.05) is 24.3 Å². The third-order valence-corrected chi connectivity index (χ3v) is 6.55. The molecule has 1 aromatic carbocycles. The molecule has 0 bridgehead atoms. The Morgan fingerprint density at radius 2 is 1.88 bits per heavy atom. The first-order valence-corrected chi connectivity index (χ1v) is 10.3. The summed E-state index contributed by atoms with van der Waals surface area (Å²) in [5.74, 6) is 0.793. The van der Waals surface area contributed by atoms with Gasteiger partial charge < -0.3 is 9.88 Å². The number of H-pyrrole nitrogens is 1. The third-order valence-electron chi connectivity index (χ3n) is 6.31. The highest BCUT2D eigenvalue weighted by molar-refractivity contribution is 6.31. The normalized spacial score (nSPS) is 21.5. The molecule has 3 heterocycles. The number of nitrogens with zero attached hydrogens (tertiary/aromatic N) is 2. The van der Waals surface area contributed by atoms with E-state index in [0.29, 0.717) is 11.1 Å². The molecule has 2 aliphatic rings. The number of pyridine rings is 1. The Labute approximate surface area is 160 Å². The Balaban J connectivity index is 1.39. The van der Waals surface area contributed by atoms with Crippen molar-refractivity contribution >= 4 is 22.5 Å². The van der Waals surface area contributed by atoms with Crippen molar-refractivity contribution in [2.45, 2.75) is 45.2 Å². The molecule has 0 spiro atoms. The van der Waals surface area contributed by atoms with Crippen molar-refractivity contribution in [1.82, 2.24) is 14.8 Å². The first-order chi connectivity index (χ1) is 12.6. The second-order valence-corrected chi connectivity index (χ2v) is 8.39. The van der Waals surface area contributed by atoms with Crippen molar-refractivity contribution in [2.75, 3.05) is 26.2 Å². The summed E-state index contributed by atoms with van der Waals surface area (Å²) in [7, 11) is 0. The maximum atomic E-state index is 12.4. The molecule has 2 aromatic rings. The van der Waals surface area contributed by atoms with Crippen molar-refractivity contribution < 1.29 is 0 Å². The van der Waals surface area contributed by atoms with Gasteiger partial charge in [-0.05, 0) is 88.3 Å². The zero-order valence-electron chi connectivity index (χ0n) is 15.5. The molecule has 0 saturated carbocycles. The predicted molar refractivity (Wildman–Crippen MR) is 108 cm³/mol. The monoisotopic (exact) mass is 373 g/mol. The van der Waals surface area contributed by atoms with Crippen LogP contribution in [0.3, 0.4) is 0 Å². The molecule has 1 aromatic heterocycles. The van der Waals surface area contributed by atoms with E-state index < -0.39 is 0 Å². The second kappa shape index (κ2) is 7.71. The highest BCUT2D eigenvalue weighted by Crippen LogP contribution is 2.27. The first kappa shape index (κ1) is 18.0. The summed E-state index contributed by atoms with van der Waals surface area (Å²) in [5.41, 5.74) is 1.67. The van der Waals surface area contributed by atoms with Gasteiger partial charge in [-0.3, -0.25) is 9.69 Å². The van der Waals surface area contributed by atoms with Crippen LogP contribution in [0.15, 0.2) is 29.1 Å². The summed E-state index contributed by atoms with van der Waals surface area (Å²) in [6, 6.07) is 8.38. The second-order valence-electron chi connectivity index (χ2n) is 7.95. The number of halogens is 1. The van der Waals surface area contributed by atoms with Crippen LogP contribution < -0.4 is 5.56 Å². The fraction of sp³-hybridized carbons (Fsp3) is 0.571. The van der Waals surface area contributed by atoms with Gasteiger partial charge in [0, 0.05) is 28.7 Å². The van der Waals surface area contributed by atoms with E-state index in [2.05, 4.69) is 21.7 Å². The lowest BCUT2D eigenvalue weighted by Gasteiger charge is -2.38. The Morgan fingerprint density at radius 3 is 2.62 bits per heavy atom. The number of piperidine rings is 1. The van der Waals surface area contributed by atoms with Crippen LogP contribution >= 0.6 is 11.6 Å². The number of hydrogen-bond acceptors (Lipinski definition) is 3. The molecule has 26 heavy (non-hydrogen) atoms. The SMILES string of the molecule is CC(C1CCN(Cc2cc3ccc(Cl)cc3[nH]c2=O)CC1)N1CCCC1. The Hall–Kier alpha value is -1.36. The van der Waals surface area contributed by atoms with Crippen molar-refractivity contribution in [3.63, 3.8) is 0 Å². The fourth-order valence-corrected chi connectivity index (χ4v) is 4.79. The lowest BCUT2D eigenvalue weighted by atomic mass is 9.89. The van der Waals surface area contributed by atoms with E-state index in [1.165, 1.54) is 38.8 Å². The van der Waals surface area contributed by atoms with Crippen LogP contribution in [0.5, 0.6) is 0 Å². The Kier molecular flexibility index (Phi) is 5.35. The lowest BCUT2D eigenvalue weighted by Crippen LogP contribution is -2.43. The van der Waals surface area contributed by atoms with E-state index in [4.69, 9.17) is 11.6 Å². The van der Waals surface area contributed by atoms with Crippen molar-refractivity contribution in [3.8, 4) is 0 Å². The zero-order valence-corrected chi connectivity index (χ0v) is 16.3. The quantitative estimate of drug-likeness (QED) is 0.884. The molecule has 1 N–H and O–H groups in total. The van der Waals surface area contributed by atoms with Crippen LogP contribution in [-0.4, -0.2) is 47.0 Å². The van der Waals surface area contributed by atoms with Crippen LogP contribution in [0.2, 0.25) is 5.02 Å². The number of fused-ring (bicyclic) bond motifs is 1. The summed E-state index contributed by atoms with van der Waals surface area (Å²) in [5, 5.41) is 1.69. The molecule has 2 aliphatic heterocycles. The van der Waals surface area contributed by atoms with Crippen molar-refractivity contribution in [1.29, 1.82) is 0 Å². The van der Waals surface area contributed by atoms with Crippen LogP contribution in [0.1, 0.15) is 38.2 Å². The lowest BCUT2D eigenvalue weighted by molar-refractivity contribution is 0.107. The molecule has 0 amide bonds. The summed E-state index contributed by atoms with van der Waals surface area (Å²) in [6.07, 6.45) is 5.19. The first-order valence-electron chi connectivity index (χ1n) is 9.88. The Morgan fingerprint density at radius 1 is 1.15 bits per heavy atom. The molecular weight excluding hydrogens is 346 g/mol. The van der Waals surface area contributed by atoms with Gasteiger partial charge in [-0.1, -0.05) is 17.7 Å². The van der Waals surface area contributed by atoms with E-state index in [0.717, 1.165) is 42.0 Å². The number of nitrogens with one attached hydrogen (secondary N) is 1. The van der Waals surface area contributed by atoms with E-state index in [9.17, 15) is 4.79 Å². The summed E-state index contributed by atoms with van der Waals surface area (Å²) in [4.78, 5) is 20.5. The van der Waals surface area contributed by atoms with Crippen LogP contribution in [0.25, 0.3) is 10.9 Å². The van der Waals surface area contributed by atoms with Gasteiger partial charge >= 0.3 is 0 Å². The maximum absolute atomic E-state index is 12.4. The minimum atomic E-state index is 0.00678. The minimum Gasteiger partial charge on any atom is -0.322 e. The number of likely N-dealkylation sites (tertiary alicyclic amines) is 2. The smallest absolute Gasteiger partial charge is 0.252 e. The van der Waals surface area contributed by atoms with Crippen LogP contribution in [0.4, 0.5) is 0 Å². The van der Waals surface area contributed by atoms with E-state index in [1.54, 1.807) is 0 Å². The predicted octanol–water partition coefficient (Wildman–Crippen LogP) is 3.88. The molecule has 1 unspecified atom stereocenters. The molecule has 5 heteroatoms. The number of aromatic nitrogens is 1. The highest BCUT2D eigenvalue weighted by atomic mass is 35.5. The molecule has 0 radical (unpaired) electrons. The number of benzene rings is 1. The van der Waals surface area contributed by atoms with Gasteiger partial charge in [0.1, 0.15) is 0 Å². The summed E-state index contributed by atoms with van der Waals surface area (Å²) >= 11 is 6.02. The average molecular weight is 374 g/mol. The molecule has 2 saturated heterocycles. The Bertz CT molecular complexity index is 820. The number of rotatable bonds is 4. The van der Waals surface area contributed by atoms with Crippen LogP contribution in [-0.2, 0) is 6.54 Å². The maximum Gasteiger partial charge on any atom is 0.252 e. The van der Waals surface area contributed by atoms with Gasteiger partial charge in [0.2, 0.25) is 0 Å². The molecule has 140 valence electrons. The largest absolute Gasteiger partial charge is 0.322 e. The number of aromatic amines is 1. The fourth-order valence-electron chi connectivity index (χ4n) is 4.62. The summed E-state index contributed by atoms with van der Waals surface area (Å²) in [6.45, 7) is 7.86. The van der Waals surface area contributed by atoms with Gasteiger partial charge in [0.15, 0.2) is 0 Å². The molecule has 0 aliphatic carbocycles. The van der Waals surface area contributed by atoms with Gasteiger partial charge in [-0.15, -0.1) is 0 Å². The number of hydrogen-bond donors (Lipinski definition) is 1.